The second-order valence-corrected chi connectivity index (χ2v) is 11.1. The maximum atomic E-state index is 13.8. The smallest absolute Gasteiger partial charge is 0.243 e. The first kappa shape index (κ1) is 27.0. The van der Waals surface area contributed by atoms with Crippen LogP contribution in [-0.4, -0.2) is 34.6 Å². The van der Waals surface area contributed by atoms with Crippen LogP contribution in [0.5, 0.6) is 0 Å². The van der Waals surface area contributed by atoms with Crippen molar-refractivity contribution < 1.29 is 9.59 Å². The van der Waals surface area contributed by atoms with Crippen molar-refractivity contribution in [3.05, 3.63) is 107 Å². The zero-order valence-corrected chi connectivity index (χ0v) is 22.8. The van der Waals surface area contributed by atoms with E-state index < -0.39 is 6.04 Å². The highest BCUT2D eigenvalue weighted by Gasteiger charge is 2.32. The molecule has 1 aliphatic rings. The lowest BCUT2D eigenvalue weighted by Gasteiger charge is -2.32. The van der Waals surface area contributed by atoms with E-state index in [0.29, 0.717) is 18.7 Å². The number of hydrogen-bond donors (Lipinski definition) is 1. The summed E-state index contributed by atoms with van der Waals surface area (Å²) in [6, 6.07) is 26.2. The Morgan fingerprint density at radius 2 is 1.62 bits per heavy atom. The zero-order chi connectivity index (χ0) is 26.0. The molecule has 0 spiro atoms. The fraction of sp³-hybridized carbons (Fsp3) is 0.375. The molecule has 1 aliphatic carbocycles. The van der Waals surface area contributed by atoms with Crippen molar-refractivity contribution in [1.29, 1.82) is 0 Å². The largest absolute Gasteiger partial charge is 0.352 e. The van der Waals surface area contributed by atoms with Gasteiger partial charge in [-0.25, -0.2) is 0 Å². The van der Waals surface area contributed by atoms with Crippen LogP contribution in [0.1, 0.15) is 53.5 Å². The number of carbonyl (C=O) groups is 2. The molecule has 4 rings (SSSR count). The number of benzene rings is 3. The number of hydrogen-bond acceptors (Lipinski definition) is 3. The predicted molar refractivity (Wildman–Crippen MR) is 153 cm³/mol. The molecular weight excluding hydrogens is 476 g/mol. The van der Waals surface area contributed by atoms with Crippen LogP contribution in [0.3, 0.4) is 0 Å². The first-order valence-electron chi connectivity index (χ1n) is 13.3. The molecule has 37 heavy (non-hydrogen) atoms. The quantitative estimate of drug-likeness (QED) is 0.330. The van der Waals surface area contributed by atoms with Gasteiger partial charge in [-0.05, 0) is 48.9 Å². The molecule has 3 aromatic rings. The van der Waals surface area contributed by atoms with E-state index in [-0.39, 0.29) is 17.9 Å². The second kappa shape index (κ2) is 13.5. The van der Waals surface area contributed by atoms with Gasteiger partial charge in [0.1, 0.15) is 6.04 Å². The van der Waals surface area contributed by atoms with E-state index in [1.54, 1.807) is 11.8 Å². The van der Waals surface area contributed by atoms with Crippen LogP contribution < -0.4 is 5.32 Å². The summed E-state index contributed by atoms with van der Waals surface area (Å²) in [5, 5.41) is 3.28. The van der Waals surface area contributed by atoms with Crippen molar-refractivity contribution in [2.45, 2.75) is 70.3 Å². The molecule has 0 heterocycles. The SMILES string of the molecule is Cc1cccc(CN(C(=O)CSCc2ccccc2C)C(Cc2ccccc2)C(=O)NC2CCCC2)c1. The zero-order valence-electron chi connectivity index (χ0n) is 22.0. The monoisotopic (exact) mass is 514 g/mol. The Morgan fingerprint density at radius 3 is 2.35 bits per heavy atom. The molecule has 2 amide bonds. The van der Waals surface area contributed by atoms with Crippen molar-refractivity contribution in [2.75, 3.05) is 5.75 Å². The molecule has 1 atom stereocenters. The van der Waals surface area contributed by atoms with Crippen molar-refractivity contribution in [2.24, 2.45) is 0 Å². The minimum atomic E-state index is -0.560. The lowest BCUT2D eigenvalue weighted by atomic mass is 10.0. The Bertz CT molecular complexity index is 1170. The fourth-order valence-electron chi connectivity index (χ4n) is 5.03. The third-order valence-electron chi connectivity index (χ3n) is 7.15. The molecule has 0 aromatic heterocycles. The summed E-state index contributed by atoms with van der Waals surface area (Å²) in [7, 11) is 0. The van der Waals surface area contributed by atoms with Crippen LogP contribution in [0.2, 0.25) is 0 Å². The van der Waals surface area contributed by atoms with E-state index in [1.165, 1.54) is 11.1 Å². The van der Waals surface area contributed by atoms with Crippen LogP contribution >= 0.6 is 11.8 Å². The Kier molecular flexibility index (Phi) is 9.84. The van der Waals surface area contributed by atoms with Gasteiger partial charge in [-0.2, -0.15) is 0 Å². The molecule has 0 aliphatic heterocycles. The molecule has 1 N–H and O–H groups in total. The highest BCUT2D eigenvalue weighted by atomic mass is 32.2. The minimum Gasteiger partial charge on any atom is -0.352 e. The summed E-state index contributed by atoms with van der Waals surface area (Å²) in [6.07, 6.45) is 4.83. The van der Waals surface area contributed by atoms with Gasteiger partial charge in [-0.1, -0.05) is 97.3 Å². The molecule has 5 heteroatoms. The Hall–Kier alpha value is -3.05. The first-order chi connectivity index (χ1) is 18.0. The van der Waals surface area contributed by atoms with Gasteiger partial charge < -0.3 is 10.2 Å². The summed E-state index contributed by atoms with van der Waals surface area (Å²) < 4.78 is 0. The van der Waals surface area contributed by atoms with Crippen LogP contribution in [-0.2, 0) is 28.3 Å². The van der Waals surface area contributed by atoms with E-state index in [1.807, 2.05) is 59.5 Å². The molecule has 4 nitrogen and oxygen atoms in total. The number of thioether (sulfide) groups is 1. The van der Waals surface area contributed by atoms with Gasteiger partial charge in [0.25, 0.3) is 0 Å². The topological polar surface area (TPSA) is 49.4 Å². The second-order valence-electron chi connectivity index (χ2n) is 10.1. The molecule has 0 radical (unpaired) electrons. The summed E-state index contributed by atoms with van der Waals surface area (Å²) in [5.41, 5.74) is 5.73. The number of aryl methyl sites for hydroxylation is 2. The standard InChI is InChI=1S/C32H38N2O2S/c1-24-11-10-15-27(19-24)21-34(31(35)23-37-22-28-16-7-6-12-25(28)2)30(20-26-13-4-3-5-14-26)32(36)33-29-17-8-9-18-29/h3-7,10-16,19,29-30H,8-9,17-18,20-23H2,1-2H3,(H,33,36). The third kappa shape index (κ3) is 7.96. The first-order valence-corrected chi connectivity index (χ1v) is 14.5. The Labute approximate surface area is 225 Å². The molecule has 1 unspecified atom stereocenters. The summed E-state index contributed by atoms with van der Waals surface area (Å²) >= 11 is 1.62. The average Bonchev–Trinajstić information content (AvgIpc) is 3.41. The van der Waals surface area contributed by atoms with E-state index in [2.05, 4.69) is 43.4 Å². The molecule has 1 fully saturated rings. The van der Waals surface area contributed by atoms with Crippen LogP contribution in [0, 0.1) is 13.8 Å². The highest BCUT2D eigenvalue weighted by molar-refractivity contribution is 7.99. The van der Waals surface area contributed by atoms with Crippen molar-refractivity contribution >= 4 is 23.6 Å². The van der Waals surface area contributed by atoms with Gasteiger partial charge in [-0.3, -0.25) is 9.59 Å². The fourth-order valence-corrected chi connectivity index (χ4v) is 6.02. The van der Waals surface area contributed by atoms with E-state index in [4.69, 9.17) is 0 Å². The van der Waals surface area contributed by atoms with Crippen LogP contribution in [0.4, 0.5) is 0 Å². The summed E-state index contributed by atoms with van der Waals surface area (Å²) in [6.45, 7) is 4.58. The van der Waals surface area contributed by atoms with Gasteiger partial charge in [0.15, 0.2) is 0 Å². The number of rotatable bonds is 11. The van der Waals surface area contributed by atoms with Gasteiger partial charge in [-0.15, -0.1) is 11.8 Å². The molecule has 0 saturated heterocycles. The number of amides is 2. The van der Waals surface area contributed by atoms with Gasteiger partial charge in [0, 0.05) is 24.8 Å². The number of nitrogens with one attached hydrogen (secondary N) is 1. The molecule has 3 aromatic carbocycles. The Balaban J connectivity index is 1.57. The maximum absolute atomic E-state index is 13.8. The normalized spacial score (nSPS) is 14.3. The highest BCUT2D eigenvalue weighted by Crippen LogP contribution is 2.22. The number of carbonyl (C=O) groups excluding carboxylic acids is 2. The molecular formula is C32H38N2O2S. The molecule has 194 valence electrons. The van der Waals surface area contributed by atoms with E-state index in [0.717, 1.165) is 48.1 Å². The van der Waals surface area contributed by atoms with Crippen molar-refractivity contribution in [3.63, 3.8) is 0 Å². The Morgan fingerprint density at radius 1 is 0.919 bits per heavy atom. The average molecular weight is 515 g/mol. The van der Waals surface area contributed by atoms with E-state index in [9.17, 15) is 9.59 Å². The predicted octanol–water partition coefficient (Wildman–Crippen LogP) is 6.24. The minimum absolute atomic E-state index is 0.00240. The summed E-state index contributed by atoms with van der Waals surface area (Å²) in [4.78, 5) is 29.4. The molecule has 0 bridgehead atoms. The lowest BCUT2D eigenvalue weighted by Crippen LogP contribution is -2.52. The van der Waals surface area contributed by atoms with Crippen LogP contribution in [0.15, 0.2) is 78.9 Å². The maximum Gasteiger partial charge on any atom is 0.243 e. The van der Waals surface area contributed by atoms with Crippen LogP contribution in [0.25, 0.3) is 0 Å². The number of nitrogens with zero attached hydrogens (tertiary/aromatic N) is 1. The third-order valence-corrected chi connectivity index (χ3v) is 8.12. The lowest BCUT2D eigenvalue weighted by molar-refractivity contribution is -0.139. The van der Waals surface area contributed by atoms with Crippen molar-refractivity contribution in [1.82, 2.24) is 10.2 Å². The van der Waals surface area contributed by atoms with Gasteiger partial charge in [0.2, 0.25) is 11.8 Å². The van der Waals surface area contributed by atoms with Gasteiger partial charge in [0.05, 0.1) is 5.75 Å². The van der Waals surface area contributed by atoms with Gasteiger partial charge >= 0.3 is 0 Å². The van der Waals surface area contributed by atoms with Crippen molar-refractivity contribution in [3.8, 4) is 0 Å². The molecule has 1 saturated carbocycles. The van der Waals surface area contributed by atoms with E-state index >= 15 is 0 Å². The summed E-state index contributed by atoms with van der Waals surface area (Å²) in [5.74, 6) is 1.07.